The minimum atomic E-state index is 0.283. The molecule has 1 aliphatic rings. The Kier molecular flexibility index (Phi) is 4.80. The number of benzene rings is 1. The number of nitrogens with zero attached hydrogens (tertiary/aromatic N) is 1. The lowest BCUT2D eigenvalue weighted by Gasteiger charge is -2.22. The summed E-state index contributed by atoms with van der Waals surface area (Å²) in [6.45, 7) is 4.56. The molecule has 1 aromatic carbocycles. The van der Waals surface area contributed by atoms with E-state index in [1.165, 1.54) is 0 Å². The highest BCUT2D eigenvalue weighted by Crippen LogP contribution is 2.17. The quantitative estimate of drug-likeness (QED) is 0.850. The molecule has 19 heavy (non-hydrogen) atoms. The number of para-hydroxylation sites is 1. The van der Waals surface area contributed by atoms with E-state index in [0.717, 1.165) is 37.4 Å². The summed E-state index contributed by atoms with van der Waals surface area (Å²) in [5.74, 6) is 1.19. The highest BCUT2D eigenvalue weighted by Gasteiger charge is 2.21. The number of hydrogen-bond donors (Lipinski definition) is 1. The lowest BCUT2D eigenvalue weighted by atomic mass is 10.2. The summed E-state index contributed by atoms with van der Waals surface area (Å²) in [5.41, 5.74) is 1.14. The number of nitrogens with one attached hydrogen (secondary N) is 1. The molecule has 1 heterocycles. The molecule has 0 aliphatic carbocycles. The fourth-order valence-electron chi connectivity index (χ4n) is 2.43. The zero-order valence-corrected chi connectivity index (χ0v) is 11.7. The molecule has 0 radical (unpaired) electrons. The predicted molar refractivity (Wildman–Crippen MR) is 75.1 cm³/mol. The van der Waals surface area contributed by atoms with Gasteiger partial charge in [0, 0.05) is 37.7 Å². The maximum absolute atomic E-state index is 11.6. The maximum atomic E-state index is 11.6. The van der Waals surface area contributed by atoms with Gasteiger partial charge in [0.1, 0.15) is 5.75 Å². The minimum absolute atomic E-state index is 0.283. The number of carbonyl (C=O) groups is 1. The molecule has 0 aromatic heterocycles. The van der Waals surface area contributed by atoms with Gasteiger partial charge in [0.05, 0.1) is 7.11 Å². The largest absolute Gasteiger partial charge is 0.496 e. The van der Waals surface area contributed by atoms with Crippen LogP contribution in [-0.2, 0) is 11.3 Å². The lowest BCUT2D eigenvalue weighted by Crippen LogP contribution is -2.39. The molecular formula is C15H22N2O2. The molecule has 4 nitrogen and oxygen atoms in total. The van der Waals surface area contributed by atoms with Crippen molar-refractivity contribution in [2.45, 2.75) is 32.4 Å². The van der Waals surface area contributed by atoms with Crippen molar-refractivity contribution in [1.29, 1.82) is 0 Å². The molecule has 1 aromatic rings. The molecule has 0 bridgehead atoms. The Morgan fingerprint density at radius 3 is 2.89 bits per heavy atom. The van der Waals surface area contributed by atoms with Crippen LogP contribution < -0.4 is 10.1 Å². The van der Waals surface area contributed by atoms with Crippen molar-refractivity contribution in [3.05, 3.63) is 29.8 Å². The standard InChI is InChI=1S/C15H22N2O2/c1-12(11-17-9-5-8-15(17)18)16-10-13-6-3-4-7-14(13)19-2/h3-4,6-7,12,16H,5,8-11H2,1-2H3. The van der Waals surface area contributed by atoms with Gasteiger partial charge in [-0.05, 0) is 19.4 Å². The topological polar surface area (TPSA) is 41.6 Å². The van der Waals surface area contributed by atoms with Gasteiger partial charge in [0.15, 0.2) is 0 Å². The molecule has 1 unspecified atom stereocenters. The van der Waals surface area contributed by atoms with E-state index in [1.807, 2.05) is 23.1 Å². The van der Waals surface area contributed by atoms with E-state index >= 15 is 0 Å². The van der Waals surface area contributed by atoms with Gasteiger partial charge in [-0.25, -0.2) is 0 Å². The average molecular weight is 262 g/mol. The van der Waals surface area contributed by atoms with Crippen molar-refractivity contribution in [3.63, 3.8) is 0 Å². The number of carbonyl (C=O) groups excluding carboxylic acids is 1. The molecule has 104 valence electrons. The smallest absolute Gasteiger partial charge is 0.222 e. The SMILES string of the molecule is COc1ccccc1CNC(C)CN1CCCC1=O. The van der Waals surface area contributed by atoms with Crippen LogP contribution in [0.5, 0.6) is 5.75 Å². The number of hydrogen-bond acceptors (Lipinski definition) is 3. The van der Waals surface area contributed by atoms with Gasteiger partial charge >= 0.3 is 0 Å². The van der Waals surface area contributed by atoms with Crippen LogP contribution >= 0.6 is 0 Å². The highest BCUT2D eigenvalue weighted by molar-refractivity contribution is 5.78. The van der Waals surface area contributed by atoms with Crippen molar-refractivity contribution >= 4 is 5.91 Å². The van der Waals surface area contributed by atoms with Gasteiger partial charge in [-0.15, -0.1) is 0 Å². The summed E-state index contributed by atoms with van der Waals surface area (Å²) in [6, 6.07) is 8.28. The molecule has 2 rings (SSSR count). The monoisotopic (exact) mass is 262 g/mol. The van der Waals surface area contributed by atoms with Gasteiger partial charge in [-0.3, -0.25) is 4.79 Å². The van der Waals surface area contributed by atoms with Gasteiger partial charge in [-0.1, -0.05) is 18.2 Å². The Hall–Kier alpha value is -1.55. The summed E-state index contributed by atoms with van der Waals surface area (Å²) in [4.78, 5) is 13.5. The van der Waals surface area contributed by atoms with Gasteiger partial charge < -0.3 is 15.0 Å². The molecule has 1 aliphatic heterocycles. The molecule has 4 heteroatoms. The highest BCUT2D eigenvalue weighted by atomic mass is 16.5. The van der Waals surface area contributed by atoms with Crippen LogP contribution in [0.1, 0.15) is 25.3 Å². The van der Waals surface area contributed by atoms with E-state index in [-0.39, 0.29) is 11.9 Å². The molecular weight excluding hydrogens is 240 g/mol. The van der Waals surface area contributed by atoms with Crippen molar-refractivity contribution in [2.75, 3.05) is 20.2 Å². The molecule has 1 fully saturated rings. The third-order valence-corrected chi connectivity index (χ3v) is 3.50. The lowest BCUT2D eigenvalue weighted by molar-refractivity contribution is -0.127. The summed E-state index contributed by atoms with van der Waals surface area (Å²) in [7, 11) is 1.69. The van der Waals surface area contributed by atoms with Crippen LogP contribution in [0.2, 0.25) is 0 Å². The third-order valence-electron chi connectivity index (χ3n) is 3.50. The Labute approximate surface area is 114 Å². The normalized spacial score (nSPS) is 16.7. The van der Waals surface area contributed by atoms with Gasteiger partial charge in [0.25, 0.3) is 0 Å². The number of methoxy groups -OCH3 is 1. The number of rotatable bonds is 6. The van der Waals surface area contributed by atoms with Crippen LogP contribution in [0.25, 0.3) is 0 Å². The number of ether oxygens (including phenoxy) is 1. The summed E-state index contributed by atoms with van der Waals surface area (Å²) >= 11 is 0. The summed E-state index contributed by atoms with van der Waals surface area (Å²) in [6.07, 6.45) is 1.71. The van der Waals surface area contributed by atoms with Crippen molar-refractivity contribution in [1.82, 2.24) is 10.2 Å². The zero-order valence-electron chi connectivity index (χ0n) is 11.7. The van der Waals surface area contributed by atoms with E-state index in [9.17, 15) is 4.79 Å². The van der Waals surface area contributed by atoms with Crippen LogP contribution in [0, 0.1) is 0 Å². The van der Waals surface area contributed by atoms with E-state index in [0.29, 0.717) is 6.42 Å². The summed E-state index contributed by atoms with van der Waals surface area (Å²) in [5, 5.41) is 3.45. The minimum Gasteiger partial charge on any atom is -0.496 e. The first-order valence-corrected chi connectivity index (χ1v) is 6.83. The molecule has 1 amide bonds. The summed E-state index contributed by atoms with van der Waals surface area (Å²) < 4.78 is 5.32. The first-order chi connectivity index (χ1) is 9.20. The zero-order chi connectivity index (χ0) is 13.7. The Morgan fingerprint density at radius 1 is 1.42 bits per heavy atom. The van der Waals surface area contributed by atoms with Crippen LogP contribution in [-0.4, -0.2) is 37.0 Å². The van der Waals surface area contributed by atoms with E-state index in [4.69, 9.17) is 4.74 Å². The van der Waals surface area contributed by atoms with Crippen molar-refractivity contribution in [3.8, 4) is 5.75 Å². The van der Waals surface area contributed by atoms with E-state index in [2.05, 4.69) is 18.3 Å². The van der Waals surface area contributed by atoms with Crippen LogP contribution in [0.4, 0.5) is 0 Å². The van der Waals surface area contributed by atoms with E-state index < -0.39 is 0 Å². The molecule has 0 saturated carbocycles. The van der Waals surface area contributed by atoms with E-state index in [1.54, 1.807) is 7.11 Å². The first kappa shape index (κ1) is 13.9. The Morgan fingerprint density at radius 2 is 2.21 bits per heavy atom. The first-order valence-electron chi connectivity index (χ1n) is 6.83. The molecule has 1 N–H and O–H groups in total. The predicted octanol–water partition coefficient (Wildman–Crippen LogP) is 1.80. The van der Waals surface area contributed by atoms with Crippen molar-refractivity contribution in [2.24, 2.45) is 0 Å². The van der Waals surface area contributed by atoms with Gasteiger partial charge in [0.2, 0.25) is 5.91 Å². The second kappa shape index (κ2) is 6.57. The second-order valence-corrected chi connectivity index (χ2v) is 5.04. The molecule has 0 spiro atoms. The number of likely N-dealkylation sites (tertiary alicyclic amines) is 1. The maximum Gasteiger partial charge on any atom is 0.222 e. The van der Waals surface area contributed by atoms with Crippen LogP contribution in [0.15, 0.2) is 24.3 Å². The fraction of sp³-hybridized carbons (Fsp3) is 0.533. The third kappa shape index (κ3) is 3.70. The second-order valence-electron chi connectivity index (χ2n) is 5.04. The average Bonchev–Trinajstić information content (AvgIpc) is 2.82. The Bertz CT molecular complexity index is 434. The molecule has 1 atom stereocenters. The van der Waals surface area contributed by atoms with Crippen molar-refractivity contribution < 1.29 is 9.53 Å². The van der Waals surface area contributed by atoms with Gasteiger partial charge in [-0.2, -0.15) is 0 Å². The Balaban J connectivity index is 1.82. The van der Waals surface area contributed by atoms with Crippen LogP contribution in [0.3, 0.4) is 0 Å². The fourth-order valence-corrected chi connectivity index (χ4v) is 2.43. The molecule has 1 saturated heterocycles. The number of amides is 1.